The Morgan fingerprint density at radius 1 is 1.18 bits per heavy atom. The Balaban J connectivity index is 0.00000196. The van der Waals surface area contributed by atoms with Gasteiger partial charge in [0.05, 0.1) is 6.54 Å². The lowest BCUT2D eigenvalue weighted by Gasteiger charge is -2.38. The summed E-state index contributed by atoms with van der Waals surface area (Å²) in [6.07, 6.45) is 2.65. The average molecular weight is 436 g/mol. The lowest BCUT2D eigenvalue weighted by Crippen LogP contribution is -2.56. The minimum atomic E-state index is -2.60. The molecule has 0 saturated carbocycles. The first kappa shape index (κ1) is 24.3. The van der Waals surface area contributed by atoms with Crippen LogP contribution in [0.15, 0.2) is 42.7 Å². The molecule has 1 amide bonds. The van der Waals surface area contributed by atoms with E-state index < -0.39 is 12.1 Å². The van der Waals surface area contributed by atoms with Gasteiger partial charge in [0.1, 0.15) is 11.4 Å². The van der Waals surface area contributed by atoms with Gasteiger partial charge in [-0.1, -0.05) is 30.3 Å². The van der Waals surface area contributed by atoms with Gasteiger partial charge in [-0.2, -0.15) is 8.78 Å². The van der Waals surface area contributed by atoms with Crippen LogP contribution in [-0.4, -0.2) is 51.4 Å². The minimum absolute atomic E-state index is 0. The molecule has 2 heterocycles. The fourth-order valence-electron chi connectivity index (χ4n) is 3.19. The van der Waals surface area contributed by atoms with Crippen molar-refractivity contribution >= 4 is 30.7 Å². The SMILES string of the molecule is CC(N)(C(=O)N1CCN(Cc2nccn2C(F)F)CC1)c1ccccc1.Cl.Cl. The van der Waals surface area contributed by atoms with Gasteiger partial charge in [-0.3, -0.25) is 14.3 Å². The monoisotopic (exact) mass is 435 g/mol. The first-order valence-corrected chi connectivity index (χ1v) is 8.55. The number of piperazine rings is 1. The van der Waals surface area contributed by atoms with Gasteiger partial charge < -0.3 is 10.6 Å². The third-order valence-electron chi connectivity index (χ3n) is 4.80. The third-order valence-corrected chi connectivity index (χ3v) is 4.80. The molecule has 28 heavy (non-hydrogen) atoms. The van der Waals surface area contributed by atoms with E-state index in [0.717, 1.165) is 10.1 Å². The molecule has 6 nitrogen and oxygen atoms in total. The standard InChI is InChI=1S/C18H23F2N5O.2ClH/c1-18(21,14-5-3-2-4-6-14)16(26)24-11-9-23(10-12-24)13-15-22-7-8-25(15)17(19)20;;/h2-8,17H,9-13,21H2,1H3;2*1H. The summed E-state index contributed by atoms with van der Waals surface area (Å²) < 4.78 is 26.7. The molecular formula is C18H25Cl2F2N5O. The molecule has 1 aromatic carbocycles. The molecule has 0 bridgehead atoms. The molecule has 1 fully saturated rings. The van der Waals surface area contributed by atoms with Crippen molar-refractivity contribution in [3.63, 3.8) is 0 Å². The van der Waals surface area contributed by atoms with E-state index in [4.69, 9.17) is 5.73 Å². The number of carbonyl (C=O) groups excluding carboxylic acids is 1. The van der Waals surface area contributed by atoms with Crippen molar-refractivity contribution in [1.82, 2.24) is 19.4 Å². The van der Waals surface area contributed by atoms with Crippen LogP contribution in [0.5, 0.6) is 0 Å². The van der Waals surface area contributed by atoms with Crippen molar-refractivity contribution in [2.45, 2.75) is 25.6 Å². The summed E-state index contributed by atoms with van der Waals surface area (Å²) in [5.41, 5.74) is 5.99. The lowest BCUT2D eigenvalue weighted by molar-refractivity contribution is -0.138. The summed E-state index contributed by atoms with van der Waals surface area (Å²) in [5.74, 6) is 0.199. The molecule has 1 unspecified atom stereocenters. The second-order valence-corrected chi connectivity index (χ2v) is 6.67. The normalized spacial score (nSPS) is 16.8. The third kappa shape index (κ3) is 5.20. The van der Waals surface area contributed by atoms with Crippen molar-refractivity contribution < 1.29 is 13.6 Å². The molecule has 0 aliphatic carbocycles. The van der Waals surface area contributed by atoms with Crippen LogP contribution < -0.4 is 5.73 Å². The highest BCUT2D eigenvalue weighted by Gasteiger charge is 2.35. The first-order chi connectivity index (χ1) is 12.4. The lowest BCUT2D eigenvalue weighted by atomic mass is 9.91. The highest BCUT2D eigenvalue weighted by atomic mass is 35.5. The van der Waals surface area contributed by atoms with Crippen LogP contribution in [0, 0.1) is 0 Å². The van der Waals surface area contributed by atoms with E-state index in [1.807, 2.05) is 35.2 Å². The van der Waals surface area contributed by atoms with Gasteiger partial charge in [0.25, 0.3) is 0 Å². The van der Waals surface area contributed by atoms with E-state index in [9.17, 15) is 13.6 Å². The van der Waals surface area contributed by atoms with E-state index in [1.165, 1.54) is 12.4 Å². The Morgan fingerprint density at radius 3 is 2.36 bits per heavy atom. The van der Waals surface area contributed by atoms with Gasteiger partial charge in [-0.05, 0) is 12.5 Å². The molecule has 1 aliphatic heterocycles. The van der Waals surface area contributed by atoms with Crippen molar-refractivity contribution in [1.29, 1.82) is 0 Å². The zero-order chi connectivity index (χ0) is 18.7. The number of alkyl halides is 2. The van der Waals surface area contributed by atoms with Crippen LogP contribution in [0.1, 0.15) is 24.9 Å². The predicted octanol–water partition coefficient (Wildman–Crippen LogP) is 2.64. The summed E-state index contributed by atoms with van der Waals surface area (Å²) in [5, 5.41) is 0. The van der Waals surface area contributed by atoms with Crippen LogP contribution >= 0.6 is 24.8 Å². The number of nitrogens with zero attached hydrogens (tertiary/aromatic N) is 4. The number of amides is 1. The van der Waals surface area contributed by atoms with Crippen molar-refractivity contribution in [2.24, 2.45) is 5.73 Å². The summed E-state index contributed by atoms with van der Waals surface area (Å²) in [6.45, 7) is 1.65. The number of hydrogen-bond acceptors (Lipinski definition) is 4. The van der Waals surface area contributed by atoms with E-state index in [1.54, 1.807) is 11.8 Å². The van der Waals surface area contributed by atoms with Gasteiger partial charge in [0, 0.05) is 38.6 Å². The summed E-state index contributed by atoms with van der Waals surface area (Å²) in [7, 11) is 0. The van der Waals surface area contributed by atoms with Gasteiger partial charge in [-0.15, -0.1) is 24.8 Å². The largest absolute Gasteiger partial charge is 0.338 e. The molecule has 2 N–H and O–H groups in total. The van der Waals surface area contributed by atoms with E-state index in [2.05, 4.69) is 4.98 Å². The van der Waals surface area contributed by atoms with Crippen LogP contribution in [-0.2, 0) is 16.9 Å². The molecule has 156 valence electrons. The molecule has 1 aromatic heterocycles. The maximum absolute atomic E-state index is 12.9. The van der Waals surface area contributed by atoms with E-state index >= 15 is 0 Å². The van der Waals surface area contributed by atoms with Crippen molar-refractivity contribution in [3.05, 3.63) is 54.1 Å². The smallest absolute Gasteiger partial charge is 0.319 e. The molecule has 1 atom stereocenters. The van der Waals surface area contributed by atoms with Crippen LogP contribution in [0.2, 0.25) is 0 Å². The maximum Gasteiger partial charge on any atom is 0.319 e. The van der Waals surface area contributed by atoms with Crippen LogP contribution in [0.3, 0.4) is 0 Å². The molecule has 0 spiro atoms. The highest BCUT2D eigenvalue weighted by molar-refractivity contribution is 5.87. The number of hydrogen-bond donors (Lipinski definition) is 1. The molecule has 2 aromatic rings. The molecule has 0 radical (unpaired) electrons. The van der Waals surface area contributed by atoms with Gasteiger partial charge in [0.15, 0.2) is 0 Å². The Hall–Kier alpha value is -1.74. The Labute approximate surface area is 175 Å². The molecule has 1 aliphatic rings. The van der Waals surface area contributed by atoms with Crippen molar-refractivity contribution in [2.75, 3.05) is 26.2 Å². The van der Waals surface area contributed by atoms with Gasteiger partial charge >= 0.3 is 6.55 Å². The molecule has 1 saturated heterocycles. The number of aromatic nitrogens is 2. The van der Waals surface area contributed by atoms with Gasteiger partial charge in [0.2, 0.25) is 5.91 Å². The molecule has 3 rings (SSSR count). The number of benzene rings is 1. The maximum atomic E-state index is 12.9. The number of imidazole rings is 1. The van der Waals surface area contributed by atoms with Crippen molar-refractivity contribution in [3.8, 4) is 0 Å². The van der Waals surface area contributed by atoms with Gasteiger partial charge in [-0.25, -0.2) is 4.98 Å². The number of carbonyl (C=O) groups is 1. The highest BCUT2D eigenvalue weighted by Crippen LogP contribution is 2.22. The Bertz CT molecular complexity index is 749. The topological polar surface area (TPSA) is 67.4 Å². The summed E-state index contributed by atoms with van der Waals surface area (Å²) >= 11 is 0. The average Bonchev–Trinajstić information content (AvgIpc) is 3.11. The fourth-order valence-corrected chi connectivity index (χ4v) is 3.19. The number of nitrogens with two attached hydrogens (primary N) is 1. The van der Waals surface area contributed by atoms with Crippen LogP contribution in [0.25, 0.3) is 0 Å². The Kier molecular flexibility index (Phi) is 8.81. The molecule has 10 heteroatoms. The van der Waals surface area contributed by atoms with Crippen LogP contribution in [0.4, 0.5) is 8.78 Å². The minimum Gasteiger partial charge on any atom is -0.338 e. The zero-order valence-electron chi connectivity index (χ0n) is 15.5. The predicted molar refractivity (Wildman–Crippen MR) is 108 cm³/mol. The summed E-state index contributed by atoms with van der Waals surface area (Å²) in [4.78, 5) is 20.6. The second-order valence-electron chi connectivity index (χ2n) is 6.67. The fraction of sp³-hybridized carbons (Fsp3) is 0.444. The Morgan fingerprint density at radius 2 is 1.79 bits per heavy atom. The summed E-state index contributed by atoms with van der Waals surface area (Å²) in [6, 6.07) is 9.29. The zero-order valence-corrected chi connectivity index (χ0v) is 17.1. The first-order valence-electron chi connectivity index (χ1n) is 8.55. The number of halogens is 4. The second kappa shape index (κ2) is 10.2. The van der Waals surface area contributed by atoms with E-state index in [-0.39, 0.29) is 30.7 Å². The molecular weight excluding hydrogens is 411 g/mol. The number of rotatable bonds is 5. The van der Waals surface area contributed by atoms with E-state index in [0.29, 0.717) is 38.5 Å². The quantitative estimate of drug-likeness (QED) is 0.783.